The molecule has 1 N–H and O–H groups in total. The van der Waals surface area contributed by atoms with E-state index in [1.165, 1.54) is 28.8 Å². The molecule has 7 nitrogen and oxygen atoms in total. The van der Waals surface area contributed by atoms with E-state index in [0.717, 1.165) is 0 Å². The number of thiocarbonyl (C=S) groups is 1. The lowest BCUT2D eigenvalue weighted by molar-refractivity contribution is -0.126. The van der Waals surface area contributed by atoms with Crippen molar-refractivity contribution in [2.24, 2.45) is 0 Å². The van der Waals surface area contributed by atoms with Gasteiger partial charge < -0.3 is 10.1 Å². The number of nitrogens with one attached hydrogen (secondary N) is 1. The van der Waals surface area contributed by atoms with Gasteiger partial charge in [0.1, 0.15) is 4.32 Å². The van der Waals surface area contributed by atoms with Crippen LogP contribution in [0.15, 0.2) is 24.3 Å². The SMILES string of the molecule is N#Cc1cccc(C(=O)OCC(=O)NCCN2C(=O)CSC2=S)c1. The highest BCUT2D eigenvalue weighted by Crippen LogP contribution is 2.18. The van der Waals surface area contributed by atoms with Crippen LogP contribution in [-0.2, 0) is 14.3 Å². The van der Waals surface area contributed by atoms with Crippen molar-refractivity contribution in [3.8, 4) is 6.07 Å². The zero-order chi connectivity index (χ0) is 17.5. The van der Waals surface area contributed by atoms with Gasteiger partial charge in [-0.15, -0.1) is 0 Å². The Kier molecular flexibility index (Phi) is 6.28. The van der Waals surface area contributed by atoms with Crippen LogP contribution < -0.4 is 5.32 Å². The second kappa shape index (κ2) is 8.42. The van der Waals surface area contributed by atoms with E-state index >= 15 is 0 Å². The summed E-state index contributed by atoms with van der Waals surface area (Å²) in [5.74, 6) is -0.922. The minimum Gasteiger partial charge on any atom is -0.452 e. The van der Waals surface area contributed by atoms with Crippen molar-refractivity contribution < 1.29 is 19.1 Å². The smallest absolute Gasteiger partial charge is 0.338 e. The van der Waals surface area contributed by atoms with Crippen LogP contribution in [0.25, 0.3) is 0 Å². The Bertz CT molecular complexity index is 714. The molecule has 2 rings (SSSR count). The summed E-state index contributed by atoms with van der Waals surface area (Å²) in [5, 5.41) is 11.3. The first-order chi connectivity index (χ1) is 11.5. The topological polar surface area (TPSA) is 99.5 Å². The average Bonchev–Trinajstić information content (AvgIpc) is 2.91. The molecule has 24 heavy (non-hydrogen) atoms. The van der Waals surface area contributed by atoms with Gasteiger partial charge in [-0.1, -0.05) is 30.0 Å². The number of hydrogen-bond acceptors (Lipinski definition) is 7. The molecule has 0 saturated carbocycles. The van der Waals surface area contributed by atoms with Gasteiger partial charge in [-0.3, -0.25) is 14.5 Å². The van der Waals surface area contributed by atoms with Gasteiger partial charge in [-0.25, -0.2) is 4.79 Å². The van der Waals surface area contributed by atoms with E-state index in [2.05, 4.69) is 5.32 Å². The number of nitrogens with zero attached hydrogens (tertiary/aromatic N) is 2. The van der Waals surface area contributed by atoms with Crippen LogP contribution >= 0.6 is 24.0 Å². The van der Waals surface area contributed by atoms with Crippen LogP contribution in [0.4, 0.5) is 0 Å². The number of benzene rings is 1. The van der Waals surface area contributed by atoms with Crippen LogP contribution in [0.5, 0.6) is 0 Å². The molecule has 0 aromatic heterocycles. The third-order valence-corrected chi connectivity index (χ3v) is 4.49. The fourth-order valence-corrected chi connectivity index (χ4v) is 3.01. The zero-order valence-electron chi connectivity index (χ0n) is 12.5. The molecule has 9 heteroatoms. The molecule has 0 radical (unpaired) electrons. The molecule has 0 bridgehead atoms. The summed E-state index contributed by atoms with van der Waals surface area (Å²) in [5.41, 5.74) is 0.532. The van der Waals surface area contributed by atoms with Gasteiger partial charge >= 0.3 is 5.97 Å². The summed E-state index contributed by atoms with van der Waals surface area (Å²) in [6.07, 6.45) is 0. The number of nitriles is 1. The van der Waals surface area contributed by atoms with Crippen molar-refractivity contribution in [1.29, 1.82) is 5.26 Å². The summed E-state index contributed by atoms with van der Waals surface area (Å²) >= 11 is 6.31. The van der Waals surface area contributed by atoms with Gasteiger partial charge in [-0.2, -0.15) is 5.26 Å². The maximum absolute atomic E-state index is 11.8. The zero-order valence-corrected chi connectivity index (χ0v) is 14.1. The molecule has 124 valence electrons. The molecule has 1 saturated heterocycles. The Morgan fingerprint density at radius 3 is 2.92 bits per heavy atom. The van der Waals surface area contributed by atoms with Crippen molar-refractivity contribution in [1.82, 2.24) is 10.2 Å². The molecule has 1 fully saturated rings. The maximum atomic E-state index is 11.8. The molecule has 1 aromatic rings. The number of hydrogen-bond donors (Lipinski definition) is 1. The molecule has 0 aliphatic carbocycles. The summed E-state index contributed by atoms with van der Waals surface area (Å²) < 4.78 is 5.38. The van der Waals surface area contributed by atoms with Gasteiger partial charge in [0.15, 0.2) is 6.61 Å². The van der Waals surface area contributed by atoms with Gasteiger partial charge in [-0.05, 0) is 18.2 Å². The quantitative estimate of drug-likeness (QED) is 0.586. The Morgan fingerprint density at radius 1 is 1.46 bits per heavy atom. The third-order valence-electron chi connectivity index (χ3n) is 3.06. The van der Waals surface area contributed by atoms with Gasteiger partial charge in [0.2, 0.25) is 5.91 Å². The lowest BCUT2D eigenvalue weighted by Crippen LogP contribution is -2.38. The largest absolute Gasteiger partial charge is 0.452 e. The Hall–Kier alpha value is -2.44. The summed E-state index contributed by atoms with van der Waals surface area (Å²) in [7, 11) is 0. The third kappa shape index (κ3) is 4.78. The van der Waals surface area contributed by atoms with Gasteiger partial charge in [0.05, 0.1) is 22.9 Å². The minimum absolute atomic E-state index is 0.0805. The molecule has 0 spiro atoms. The molecule has 1 aromatic carbocycles. The molecule has 0 unspecified atom stereocenters. The molecule has 1 aliphatic heterocycles. The molecular formula is C15H13N3O4S2. The van der Waals surface area contributed by atoms with Crippen molar-refractivity contribution in [3.63, 3.8) is 0 Å². The first kappa shape index (κ1) is 17.9. The van der Waals surface area contributed by atoms with Crippen LogP contribution in [0, 0.1) is 11.3 Å². The minimum atomic E-state index is -0.686. The molecule has 0 atom stereocenters. The number of esters is 1. The highest BCUT2D eigenvalue weighted by molar-refractivity contribution is 8.23. The van der Waals surface area contributed by atoms with E-state index in [1.54, 1.807) is 12.1 Å². The highest BCUT2D eigenvalue weighted by Gasteiger charge is 2.25. The van der Waals surface area contributed by atoms with Crippen molar-refractivity contribution >= 4 is 46.1 Å². The van der Waals surface area contributed by atoms with Crippen molar-refractivity contribution in [2.45, 2.75) is 0 Å². The van der Waals surface area contributed by atoms with Crippen LogP contribution in [-0.4, -0.2) is 52.5 Å². The van der Waals surface area contributed by atoms with E-state index < -0.39 is 18.5 Å². The van der Waals surface area contributed by atoms with Crippen LogP contribution in [0.3, 0.4) is 0 Å². The number of carbonyl (C=O) groups excluding carboxylic acids is 3. The number of carbonyl (C=O) groups is 3. The molecule has 2 amide bonds. The Morgan fingerprint density at radius 2 is 2.25 bits per heavy atom. The fraction of sp³-hybridized carbons (Fsp3) is 0.267. The second-order valence-corrected chi connectivity index (χ2v) is 6.33. The highest BCUT2D eigenvalue weighted by atomic mass is 32.2. The first-order valence-electron chi connectivity index (χ1n) is 6.92. The lowest BCUT2D eigenvalue weighted by atomic mass is 10.1. The standard InChI is InChI=1S/C15H13N3O4S2/c16-7-10-2-1-3-11(6-10)14(21)22-8-12(19)17-4-5-18-13(20)9-24-15(18)23/h1-3,6H,4-5,8-9H2,(H,17,19). The maximum Gasteiger partial charge on any atom is 0.338 e. The monoisotopic (exact) mass is 363 g/mol. The normalized spacial score (nSPS) is 13.5. The van der Waals surface area contributed by atoms with Crippen LogP contribution in [0.1, 0.15) is 15.9 Å². The van der Waals surface area contributed by atoms with Crippen molar-refractivity contribution in [2.75, 3.05) is 25.4 Å². The predicted molar refractivity (Wildman–Crippen MR) is 91.2 cm³/mol. The van der Waals surface area contributed by atoms with E-state index in [-0.39, 0.29) is 24.6 Å². The summed E-state index contributed by atoms with van der Waals surface area (Å²) in [6.45, 7) is 0.0596. The predicted octanol–water partition coefficient (Wildman–Crippen LogP) is 0.692. The number of thioether (sulfide) groups is 1. The number of ether oxygens (including phenoxy) is 1. The van der Waals surface area contributed by atoms with E-state index in [4.69, 9.17) is 22.2 Å². The van der Waals surface area contributed by atoms with E-state index in [0.29, 0.717) is 15.6 Å². The Balaban J connectivity index is 1.73. The second-order valence-electron chi connectivity index (χ2n) is 4.72. The lowest BCUT2D eigenvalue weighted by Gasteiger charge is -2.15. The van der Waals surface area contributed by atoms with Crippen LogP contribution in [0.2, 0.25) is 0 Å². The van der Waals surface area contributed by atoms with E-state index in [9.17, 15) is 14.4 Å². The Labute approximate surface area is 147 Å². The molecule has 1 heterocycles. The van der Waals surface area contributed by atoms with Gasteiger partial charge in [0.25, 0.3) is 5.91 Å². The molecule has 1 aliphatic rings. The summed E-state index contributed by atoms with van der Waals surface area (Å²) in [6, 6.07) is 7.92. The van der Waals surface area contributed by atoms with Gasteiger partial charge in [0, 0.05) is 13.1 Å². The fourth-order valence-electron chi connectivity index (χ4n) is 1.89. The number of rotatable bonds is 6. The first-order valence-corrected chi connectivity index (χ1v) is 8.32. The summed E-state index contributed by atoms with van der Waals surface area (Å²) in [4.78, 5) is 36.4. The number of amides is 2. The average molecular weight is 363 g/mol. The molecular weight excluding hydrogens is 350 g/mol. The van der Waals surface area contributed by atoms with Crippen molar-refractivity contribution in [3.05, 3.63) is 35.4 Å². The van der Waals surface area contributed by atoms with E-state index in [1.807, 2.05) is 6.07 Å².